The average Bonchev–Trinajstić information content (AvgIpc) is 2.29. The first kappa shape index (κ1) is 12.8. The molecule has 0 radical (unpaired) electrons. The number of hydrogen-bond acceptors (Lipinski definition) is 1. The average molecular weight is 220 g/mol. The number of rotatable bonds is 6. The first-order valence-corrected chi connectivity index (χ1v) is 6.04. The zero-order chi connectivity index (χ0) is 12.0. The molecule has 0 heterocycles. The van der Waals surface area contributed by atoms with Gasteiger partial charge in [-0.05, 0) is 36.5 Å². The first-order valence-electron chi connectivity index (χ1n) is 6.04. The third-order valence-corrected chi connectivity index (χ3v) is 2.91. The van der Waals surface area contributed by atoms with Gasteiger partial charge in [0.2, 0.25) is 0 Å². The molecule has 16 heavy (non-hydrogen) atoms. The second-order valence-electron chi connectivity index (χ2n) is 4.06. The van der Waals surface area contributed by atoms with Crippen LogP contribution in [0.15, 0.2) is 18.2 Å². The van der Waals surface area contributed by atoms with Gasteiger partial charge < -0.3 is 5.11 Å². The van der Waals surface area contributed by atoms with Gasteiger partial charge >= 0.3 is 5.97 Å². The molecule has 1 rings (SSSR count). The fourth-order valence-corrected chi connectivity index (χ4v) is 2.01. The number of hydrogen-bond donors (Lipinski definition) is 1. The highest BCUT2D eigenvalue weighted by molar-refractivity contribution is 5.89. The maximum Gasteiger partial charge on any atom is 0.335 e. The molecule has 0 amide bonds. The summed E-state index contributed by atoms with van der Waals surface area (Å²) in [7, 11) is 0. The Balaban J connectivity index is 2.95. The van der Waals surface area contributed by atoms with E-state index in [2.05, 4.69) is 13.8 Å². The molecule has 2 heteroatoms. The molecule has 1 N–H and O–H groups in total. The van der Waals surface area contributed by atoms with Crippen molar-refractivity contribution in [1.29, 1.82) is 0 Å². The predicted octanol–water partition coefficient (Wildman–Crippen LogP) is 3.68. The molecule has 0 unspecified atom stereocenters. The van der Waals surface area contributed by atoms with Gasteiger partial charge in [0.15, 0.2) is 0 Å². The highest BCUT2D eigenvalue weighted by Gasteiger charge is 2.12. The largest absolute Gasteiger partial charge is 0.478 e. The monoisotopic (exact) mass is 220 g/mol. The summed E-state index contributed by atoms with van der Waals surface area (Å²) in [6, 6.07) is 5.59. The van der Waals surface area contributed by atoms with Crippen molar-refractivity contribution in [2.75, 3.05) is 0 Å². The second kappa shape index (κ2) is 6.31. The summed E-state index contributed by atoms with van der Waals surface area (Å²) in [6.07, 6.45) is 5.20. The molecule has 1 aromatic carbocycles. The van der Waals surface area contributed by atoms with Crippen LogP contribution in [0.5, 0.6) is 0 Å². The second-order valence-corrected chi connectivity index (χ2v) is 4.06. The van der Waals surface area contributed by atoms with Crippen LogP contribution in [0.25, 0.3) is 0 Å². The molecule has 2 nitrogen and oxygen atoms in total. The maximum atomic E-state index is 11.1. The van der Waals surface area contributed by atoms with Crippen molar-refractivity contribution < 1.29 is 9.90 Å². The minimum absolute atomic E-state index is 0.482. The quantitative estimate of drug-likeness (QED) is 0.742. The van der Waals surface area contributed by atoms with Gasteiger partial charge in [0.25, 0.3) is 0 Å². The fourth-order valence-electron chi connectivity index (χ4n) is 2.01. The van der Waals surface area contributed by atoms with Crippen molar-refractivity contribution in [1.82, 2.24) is 0 Å². The Morgan fingerprint density at radius 3 is 2.56 bits per heavy atom. The smallest absolute Gasteiger partial charge is 0.335 e. The van der Waals surface area contributed by atoms with Gasteiger partial charge in [-0.15, -0.1) is 0 Å². The lowest BCUT2D eigenvalue weighted by molar-refractivity contribution is 0.0695. The standard InChI is InChI=1S/C14H20O2/c1-3-5-6-9-12-11(4-2)8-7-10-13(12)14(15)16/h7-8,10H,3-6,9H2,1-2H3,(H,15,16). The minimum Gasteiger partial charge on any atom is -0.478 e. The summed E-state index contributed by atoms with van der Waals surface area (Å²) in [6.45, 7) is 4.23. The molecule has 1 aromatic rings. The van der Waals surface area contributed by atoms with E-state index in [1.165, 1.54) is 5.56 Å². The molecule has 0 aliphatic rings. The normalized spacial score (nSPS) is 10.4. The van der Waals surface area contributed by atoms with Gasteiger partial charge in [-0.3, -0.25) is 0 Å². The van der Waals surface area contributed by atoms with E-state index >= 15 is 0 Å². The van der Waals surface area contributed by atoms with Crippen molar-refractivity contribution >= 4 is 5.97 Å². The van der Waals surface area contributed by atoms with Crippen LogP contribution in [0, 0.1) is 0 Å². The van der Waals surface area contributed by atoms with Gasteiger partial charge in [-0.25, -0.2) is 4.79 Å². The van der Waals surface area contributed by atoms with E-state index in [1.807, 2.05) is 12.1 Å². The van der Waals surface area contributed by atoms with E-state index in [1.54, 1.807) is 6.07 Å². The van der Waals surface area contributed by atoms with Crippen molar-refractivity contribution in [3.8, 4) is 0 Å². The van der Waals surface area contributed by atoms with Crippen molar-refractivity contribution in [2.24, 2.45) is 0 Å². The molecule has 0 aliphatic heterocycles. The summed E-state index contributed by atoms with van der Waals surface area (Å²) in [5.41, 5.74) is 2.69. The Kier molecular flexibility index (Phi) is 5.03. The Morgan fingerprint density at radius 1 is 1.25 bits per heavy atom. The van der Waals surface area contributed by atoms with Crippen LogP contribution in [0.4, 0.5) is 0 Å². The summed E-state index contributed by atoms with van der Waals surface area (Å²) in [5.74, 6) is -0.804. The predicted molar refractivity (Wildman–Crippen MR) is 66.0 cm³/mol. The van der Waals surface area contributed by atoms with E-state index in [4.69, 9.17) is 5.11 Å². The Morgan fingerprint density at radius 2 is 2.00 bits per heavy atom. The summed E-state index contributed by atoms with van der Waals surface area (Å²) in [5, 5.41) is 9.14. The Hall–Kier alpha value is -1.31. The molecular weight excluding hydrogens is 200 g/mol. The third-order valence-electron chi connectivity index (χ3n) is 2.91. The lowest BCUT2D eigenvalue weighted by atomic mass is 9.94. The Bertz CT molecular complexity index is 356. The van der Waals surface area contributed by atoms with E-state index in [-0.39, 0.29) is 0 Å². The van der Waals surface area contributed by atoms with E-state index in [0.717, 1.165) is 37.7 Å². The molecule has 0 atom stereocenters. The van der Waals surface area contributed by atoms with Crippen LogP contribution in [0.2, 0.25) is 0 Å². The molecule has 0 saturated heterocycles. The zero-order valence-corrected chi connectivity index (χ0v) is 10.1. The van der Waals surface area contributed by atoms with E-state index < -0.39 is 5.97 Å². The van der Waals surface area contributed by atoms with Crippen LogP contribution in [0.3, 0.4) is 0 Å². The van der Waals surface area contributed by atoms with Crippen LogP contribution in [0.1, 0.15) is 54.6 Å². The minimum atomic E-state index is -0.804. The number of aryl methyl sites for hydroxylation is 1. The zero-order valence-electron chi connectivity index (χ0n) is 10.1. The first-order chi connectivity index (χ1) is 7.70. The molecule has 0 saturated carbocycles. The van der Waals surface area contributed by atoms with E-state index in [9.17, 15) is 4.79 Å². The van der Waals surface area contributed by atoms with Gasteiger partial charge in [-0.2, -0.15) is 0 Å². The lowest BCUT2D eigenvalue weighted by Gasteiger charge is -2.11. The number of carboxylic acids is 1. The molecule has 0 fully saturated rings. The molecule has 88 valence electrons. The highest BCUT2D eigenvalue weighted by atomic mass is 16.4. The number of carbonyl (C=O) groups is 1. The van der Waals surface area contributed by atoms with Gasteiger partial charge in [-0.1, -0.05) is 38.8 Å². The lowest BCUT2D eigenvalue weighted by Crippen LogP contribution is -2.05. The molecule has 0 aliphatic carbocycles. The molecule has 0 spiro atoms. The number of benzene rings is 1. The molecule has 0 bridgehead atoms. The third kappa shape index (κ3) is 3.09. The van der Waals surface area contributed by atoms with Crippen molar-refractivity contribution in [2.45, 2.75) is 46.0 Å². The maximum absolute atomic E-state index is 11.1. The number of unbranched alkanes of at least 4 members (excludes halogenated alkanes) is 2. The summed E-state index contributed by atoms with van der Waals surface area (Å²) < 4.78 is 0. The molecular formula is C14H20O2. The van der Waals surface area contributed by atoms with Gasteiger partial charge in [0, 0.05) is 0 Å². The van der Waals surface area contributed by atoms with Crippen LogP contribution < -0.4 is 0 Å². The van der Waals surface area contributed by atoms with Crippen LogP contribution in [-0.2, 0) is 12.8 Å². The van der Waals surface area contributed by atoms with Crippen LogP contribution >= 0.6 is 0 Å². The fraction of sp³-hybridized carbons (Fsp3) is 0.500. The summed E-state index contributed by atoms with van der Waals surface area (Å²) in [4.78, 5) is 11.1. The Labute approximate surface area is 97.3 Å². The topological polar surface area (TPSA) is 37.3 Å². The van der Waals surface area contributed by atoms with Gasteiger partial charge in [0.1, 0.15) is 0 Å². The van der Waals surface area contributed by atoms with Crippen molar-refractivity contribution in [3.63, 3.8) is 0 Å². The van der Waals surface area contributed by atoms with Crippen LogP contribution in [-0.4, -0.2) is 11.1 Å². The van der Waals surface area contributed by atoms with Gasteiger partial charge in [0.05, 0.1) is 5.56 Å². The summed E-state index contributed by atoms with van der Waals surface area (Å²) >= 11 is 0. The highest BCUT2D eigenvalue weighted by Crippen LogP contribution is 2.18. The number of carboxylic acid groups (broad SMARTS) is 1. The van der Waals surface area contributed by atoms with Crippen molar-refractivity contribution in [3.05, 3.63) is 34.9 Å². The number of aromatic carboxylic acids is 1. The van der Waals surface area contributed by atoms with E-state index in [0.29, 0.717) is 5.56 Å². The molecule has 0 aromatic heterocycles. The SMILES string of the molecule is CCCCCc1c(CC)cccc1C(=O)O.